The average molecular weight is 410 g/mol. The van der Waals surface area contributed by atoms with E-state index in [1.807, 2.05) is 11.0 Å². The van der Waals surface area contributed by atoms with Gasteiger partial charge >= 0.3 is 103 Å². The third-order valence-corrected chi connectivity index (χ3v) is 5.71. The van der Waals surface area contributed by atoms with E-state index >= 15 is 0 Å². The standard InChI is InChI=1S/C17H19NO6.2K/c1-18-7-8(15(19)20)5-10-9-3-2-4-12-13(9)17(23,6-11(10)18)14(24-12)16(21)22;;/h2-4,8,10-11,14,23H,5-7H2,1H3,(H,19,20)(H,21,22);;/q;2*+1/p-2/t8-,10-,11-,14-,17-;;/m1../s1. The van der Waals surface area contributed by atoms with Gasteiger partial charge in [0.05, 0.1) is 5.97 Å². The Morgan fingerprint density at radius 1 is 1.27 bits per heavy atom. The van der Waals surface area contributed by atoms with Crippen LogP contribution in [0.5, 0.6) is 5.75 Å². The molecule has 9 heteroatoms. The number of hydrogen-bond acceptors (Lipinski definition) is 7. The number of carboxylic acids is 2. The molecule has 0 radical (unpaired) electrons. The minimum Gasteiger partial charge on any atom is -0.550 e. The number of likely N-dealkylation sites (tertiary alicyclic amines) is 1. The summed E-state index contributed by atoms with van der Waals surface area (Å²) < 4.78 is 5.45. The zero-order valence-electron chi connectivity index (χ0n) is 15.1. The van der Waals surface area contributed by atoms with Gasteiger partial charge in [-0.25, -0.2) is 0 Å². The van der Waals surface area contributed by atoms with E-state index in [1.54, 1.807) is 19.2 Å². The summed E-state index contributed by atoms with van der Waals surface area (Å²) in [5.41, 5.74) is -0.435. The molecule has 0 spiro atoms. The van der Waals surface area contributed by atoms with E-state index in [-0.39, 0.29) is 121 Å². The molecule has 1 N–H and O–H groups in total. The largest absolute Gasteiger partial charge is 1.00 e. The van der Waals surface area contributed by atoms with Gasteiger partial charge in [-0.15, -0.1) is 0 Å². The van der Waals surface area contributed by atoms with Crippen LogP contribution in [0.2, 0.25) is 0 Å². The third-order valence-electron chi connectivity index (χ3n) is 5.71. The fourth-order valence-electron chi connectivity index (χ4n) is 4.68. The van der Waals surface area contributed by atoms with Gasteiger partial charge in [-0.2, -0.15) is 0 Å². The number of carboxylic acid groups (broad SMARTS) is 2. The Morgan fingerprint density at radius 3 is 2.58 bits per heavy atom. The van der Waals surface area contributed by atoms with Crippen LogP contribution >= 0.6 is 0 Å². The van der Waals surface area contributed by atoms with Gasteiger partial charge in [0.15, 0.2) is 6.10 Å². The van der Waals surface area contributed by atoms with E-state index in [1.165, 1.54) is 0 Å². The van der Waals surface area contributed by atoms with Crippen LogP contribution in [0.15, 0.2) is 18.2 Å². The smallest absolute Gasteiger partial charge is 0.550 e. The summed E-state index contributed by atoms with van der Waals surface area (Å²) in [6.07, 6.45) is -0.891. The molecule has 26 heavy (non-hydrogen) atoms. The Kier molecular flexibility index (Phi) is 7.65. The average Bonchev–Trinajstić information content (AvgIpc) is 2.83. The first-order chi connectivity index (χ1) is 11.3. The molecule has 1 aromatic carbocycles. The van der Waals surface area contributed by atoms with E-state index < -0.39 is 29.6 Å². The first-order valence-corrected chi connectivity index (χ1v) is 7.97. The number of rotatable bonds is 2. The minimum atomic E-state index is -1.66. The van der Waals surface area contributed by atoms with E-state index in [2.05, 4.69) is 0 Å². The van der Waals surface area contributed by atoms with Crippen molar-refractivity contribution in [3.05, 3.63) is 29.3 Å². The van der Waals surface area contributed by atoms with E-state index in [9.17, 15) is 24.9 Å². The summed E-state index contributed by atoms with van der Waals surface area (Å²) in [6.45, 7) is 0.311. The van der Waals surface area contributed by atoms with Crippen LogP contribution in [-0.2, 0) is 15.2 Å². The van der Waals surface area contributed by atoms with Gasteiger partial charge in [-0.1, -0.05) is 12.1 Å². The number of carbonyl (C=O) groups excluding carboxylic acids is 2. The summed E-state index contributed by atoms with van der Waals surface area (Å²) in [5.74, 6) is -2.92. The Labute approximate surface area is 236 Å². The Balaban J connectivity index is 0.00000121. The predicted octanol–water partition coefficient (Wildman–Crippen LogP) is -8.05. The third kappa shape index (κ3) is 3.57. The molecule has 7 nitrogen and oxygen atoms in total. The number of likely N-dealkylation sites (N-methyl/N-ethyl adjacent to an activating group) is 1. The van der Waals surface area contributed by atoms with Crippen LogP contribution in [-0.4, -0.2) is 47.7 Å². The Hall–Kier alpha value is 1.15. The number of ether oxygens (including phenoxy) is 1. The molecule has 2 heterocycles. The zero-order valence-corrected chi connectivity index (χ0v) is 21.3. The quantitative estimate of drug-likeness (QED) is 0.483. The molecule has 1 aromatic rings. The number of aliphatic hydroxyl groups is 1. The summed E-state index contributed by atoms with van der Waals surface area (Å²) in [6, 6.07) is 5.00. The number of piperidine rings is 1. The van der Waals surface area contributed by atoms with Crippen molar-refractivity contribution in [3.63, 3.8) is 0 Å². The number of hydrogen-bond donors (Lipinski definition) is 1. The van der Waals surface area contributed by atoms with Crippen LogP contribution in [0.1, 0.15) is 29.9 Å². The second-order valence-corrected chi connectivity index (χ2v) is 7.03. The van der Waals surface area contributed by atoms with Gasteiger partial charge in [-0.05, 0) is 25.1 Å². The molecule has 3 aliphatic rings. The van der Waals surface area contributed by atoms with Crippen molar-refractivity contribution in [1.82, 2.24) is 4.90 Å². The van der Waals surface area contributed by atoms with E-state index in [0.29, 0.717) is 24.3 Å². The first-order valence-electron chi connectivity index (χ1n) is 7.97. The van der Waals surface area contributed by atoms with Crippen molar-refractivity contribution in [3.8, 4) is 5.75 Å². The summed E-state index contributed by atoms with van der Waals surface area (Å²) in [4.78, 5) is 24.7. The SMILES string of the molecule is CN1C[C@H](C(=O)[O-])C[C@@H]2c3cccc4c3[C@](O)(C[C@H]21)[C@@H](C(=O)[O-])O4.[K+].[K+]. The molecule has 1 fully saturated rings. The molecule has 0 aromatic heterocycles. The second kappa shape index (κ2) is 8.49. The maximum Gasteiger partial charge on any atom is 1.00 e. The van der Waals surface area contributed by atoms with E-state index in [0.717, 1.165) is 5.56 Å². The molecule has 0 amide bonds. The molecule has 1 saturated heterocycles. The minimum absolute atomic E-state index is 0. The number of carbonyl (C=O) groups is 2. The number of benzene rings is 1. The molecule has 2 aliphatic heterocycles. The topological polar surface area (TPSA) is 113 Å². The maximum atomic E-state index is 11.5. The number of nitrogens with zero attached hydrogens (tertiary/aromatic N) is 1. The van der Waals surface area contributed by atoms with Gasteiger partial charge in [0.25, 0.3) is 0 Å². The molecule has 0 unspecified atom stereocenters. The zero-order chi connectivity index (χ0) is 17.2. The molecule has 0 saturated carbocycles. The Bertz CT molecular complexity index is 744. The van der Waals surface area contributed by atoms with Gasteiger partial charge in [0, 0.05) is 42.4 Å². The van der Waals surface area contributed by atoms with Crippen molar-refractivity contribution >= 4 is 11.9 Å². The van der Waals surface area contributed by atoms with Gasteiger partial charge < -0.3 is 34.5 Å². The van der Waals surface area contributed by atoms with Crippen LogP contribution < -0.4 is 118 Å². The molecule has 4 rings (SSSR count). The van der Waals surface area contributed by atoms with Crippen LogP contribution in [0.25, 0.3) is 0 Å². The molecular weight excluding hydrogens is 392 g/mol. The number of fused-ring (bicyclic) bond motifs is 2. The van der Waals surface area contributed by atoms with Gasteiger partial charge in [-0.3, -0.25) is 0 Å². The van der Waals surface area contributed by atoms with Crippen molar-refractivity contribution < 1.29 is 132 Å². The van der Waals surface area contributed by atoms with Crippen molar-refractivity contribution in [2.75, 3.05) is 13.6 Å². The molecule has 0 bridgehead atoms. The van der Waals surface area contributed by atoms with Crippen molar-refractivity contribution in [2.24, 2.45) is 5.92 Å². The van der Waals surface area contributed by atoms with Crippen LogP contribution in [0.3, 0.4) is 0 Å². The number of aliphatic carboxylic acids is 2. The van der Waals surface area contributed by atoms with Crippen LogP contribution in [0, 0.1) is 5.92 Å². The normalized spacial score (nSPS) is 34.4. The monoisotopic (exact) mass is 409 g/mol. The van der Waals surface area contributed by atoms with E-state index in [4.69, 9.17) is 4.74 Å². The first kappa shape index (κ1) is 23.4. The van der Waals surface area contributed by atoms with Gasteiger partial charge in [0.2, 0.25) is 0 Å². The van der Waals surface area contributed by atoms with Gasteiger partial charge in [0.1, 0.15) is 11.4 Å². The fraction of sp³-hybridized carbons (Fsp3) is 0.529. The summed E-state index contributed by atoms with van der Waals surface area (Å²) in [7, 11) is 1.79. The van der Waals surface area contributed by atoms with Crippen LogP contribution in [0.4, 0.5) is 0 Å². The Morgan fingerprint density at radius 2 is 1.96 bits per heavy atom. The molecule has 1 aliphatic carbocycles. The second-order valence-electron chi connectivity index (χ2n) is 7.03. The fourth-order valence-corrected chi connectivity index (χ4v) is 4.68. The van der Waals surface area contributed by atoms with Crippen molar-refractivity contribution in [1.29, 1.82) is 0 Å². The molecular formula is C17H17K2NO6. The summed E-state index contributed by atoms with van der Waals surface area (Å²) >= 11 is 0. The summed E-state index contributed by atoms with van der Waals surface area (Å²) in [5, 5.41) is 33.9. The maximum absolute atomic E-state index is 11.5. The van der Waals surface area contributed by atoms with Crippen molar-refractivity contribution in [2.45, 2.75) is 36.5 Å². The molecule has 5 atom stereocenters. The predicted molar refractivity (Wildman–Crippen MR) is 76.7 cm³/mol. The molecule has 128 valence electrons.